The van der Waals surface area contributed by atoms with Gasteiger partial charge in [-0.2, -0.15) is 0 Å². The second kappa shape index (κ2) is 5.48. The Balaban J connectivity index is 3.10. The maximum atomic E-state index is 13.8. The normalized spacial score (nSPS) is 13.2. The average molecular weight is 254 g/mol. The zero-order chi connectivity index (χ0) is 13.9. The summed E-state index contributed by atoms with van der Waals surface area (Å²) in [6.07, 6.45) is -0.680. The van der Waals surface area contributed by atoms with Crippen LogP contribution in [-0.2, 0) is 4.74 Å². The minimum Gasteiger partial charge on any atom is -0.497 e. The van der Waals surface area contributed by atoms with E-state index in [-0.39, 0.29) is 11.3 Å². The molecule has 0 bridgehead atoms. The molecule has 100 valence electrons. The van der Waals surface area contributed by atoms with Crippen molar-refractivity contribution in [1.82, 2.24) is 0 Å². The molecule has 0 heterocycles. The molecule has 0 saturated carbocycles. The molecule has 0 fully saturated rings. The molecule has 1 atom stereocenters. The molecule has 1 aromatic rings. The van der Waals surface area contributed by atoms with E-state index >= 15 is 0 Å². The first kappa shape index (κ1) is 14.6. The Morgan fingerprint density at radius 2 is 1.89 bits per heavy atom. The van der Waals surface area contributed by atoms with Crippen LogP contribution in [0.3, 0.4) is 0 Å². The van der Waals surface area contributed by atoms with Crippen molar-refractivity contribution in [2.45, 2.75) is 26.9 Å². The topological polar surface area (TPSA) is 35.5 Å². The van der Waals surface area contributed by atoms with Gasteiger partial charge in [-0.15, -0.1) is 0 Å². The molecule has 18 heavy (non-hydrogen) atoms. The summed E-state index contributed by atoms with van der Waals surface area (Å²) in [7, 11) is 2.90. The quantitative estimate of drug-likeness (QED) is 0.775. The fraction of sp³-hybridized carbons (Fsp3) is 0.500. The second-order valence-corrected chi connectivity index (χ2v) is 5.19. The molecular weight excluding hydrogens is 235 g/mol. The molecule has 0 N–H and O–H groups in total. The van der Waals surface area contributed by atoms with Gasteiger partial charge in [0.05, 0.1) is 12.7 Å². The summed E-state index contributed by atoms with van der Waals surface area (Å²) in [5, 5.41) is 0. The number of methoxy groups -OCH3 is 2. The number of halogens is 1. The average Bonchev–Trinajstić information content (AvgIpc) is 2.27. The van der Waals surface area contributed by atoms with Crippen molar-refractivity contribution < 1.29 is 18.7 Å². The van der Waals surface area contributed by atoms with Gasteiger partial charge in [0.15, 0.2) is 5.78 Å². The monoisotopic (exact) mass is 254 g/mol. The molecule has 0 aliphatic carbocycles. The fourth-order valence-corrected chi connectivity index (χ4v) is 1.82. The molecule has 0 radical (unpaired) electrons. The van der Waals surface area contributed by atoms with Crippen molar-refractivity contribution in [2.75, 3.05) is 14.2 Å². The number of carbonyl (C=O) groups is 1. The molecule has 0 spiro atoms. The van der Waals surface area contributed by atoms with Crippen LogP contribution in [0.25, 0.3) is 0 Å². The summed E-state index contributed by atoms with van der Waals surface area (Å²) in [6.45, 7) is 5.63. The van der Waals surface area contributed by atoms with E-state index in [0.717, 1.165) is 0 Å². The zero-order valence-corrected chi connectivity index (χ0v) is 11.4. The Morgan fingerprint density at radius 1 is 1.28 bits per heavy atom. The number of ketones is 1. The number of hydrogen-bond acceptors (Lipinski definition) is 3. The maximum Gasteiger partial charge on any atom is 0.195 e. The SMILES string of the molecule is COc1ccc(C(=O)C(OC)C(C)(C)C)c(F)c1. The van der Waals surface area contributed by atoms with Crippen LogP contribution >= 0.6 is 0 Å². The number of benzene rings is 1. The van der Waals surface area contributed by atoms with E-state index in [1.54, 1.807) is 6.07 Å². The van der Waals surface area contributed by atoms with Gasteiger partial charge in [0, 0.05) is 13.2 Å². The molecule has 1 unspecified atom stereocenters. The molecule has 3 nitrogen and oxygen atoms in total. The third-order valence-electron chi connectivity index (χ3n) is 2.70. The van der Waals surface area contributed by atoms with Crippen molar-refractivity contribution in [3.63, 3.8) is 0 Å². The second-order valence-electron chi connectivity index (χ2n) is 5.19. The van der Waals surface area contributed by atoms with Gasteiger partial charge >= 0.3 is 0 Å². The van der Waals surface area contributed by atoms with Crippen molar-refractivity contribution in [1.29, 1.82) is 0 Å². The Labute approximate surface area is 107 Å². The number of ether oxygens (including phenoxy) is 2. The largest absolute Gasteiger partial charge is 0.497 e. The van der Waals surface area contributed by atoms with Gasteiger partial charge < -0.3 is 9.47 Å². The lowest BCUT2D eigenvalue weighted by molar-refractivity contribution is 0.0192. The number of rotatable bonds is 4. The van der Waals surface area contributed by atoms with Crippen LogP contribution in [0.5, 0.6) is 5.75 Å². The van der Waals surface area contributed by atoms with Crippen LogP contribution in [-0.4, -0.2) is 26.1 Å². The Bertz CT molecular complexity index is 435. The smallest absolute Gasteiger partial charge is 0.195 e. The first-order valence-corrected chi connectivity index (χ1v) is 5.71. The molecule has 0 aliphatic heterocycles. The molecule has 4 heteroatoms. The lowest BCUT2D eigenvalue weighted by Crippen LogP contribution is -2.36. The highest BCUT2D eigenvalue weighted by Gasteiger charge is 2.33. The summed E-state index contributed by atoms with van der Waals surface area (Å²) in [4.78, 5) is 12.2. The van der Waals surface area contributed by atoms with Crippen LogP contribution in [0, 0.1) is 11.2 Å². The highest BCUT2D eigenvalue weighted by molar-refractivity contribution is 6.00. The van der Waals surface area contributed by atoms with Gasteiger partial charge in [-0.1, -0.05) is 20.8 Å². The van der Waals surface area contributed by atoms with Crippen LogP contribution in [0.15, 0.2) is 18.2 Å². The predicted octanol–water partition coefficient (Wildman–Crippen LogP) is 3.08. The summed E-state index contributed by atoms with van der Waals surface area (Å²) in [6, 6.07) is 4.18. The van der Waals surface area contributed by atoms with E-state index in [2.05, 4.69) is 0 Å². The van der Waals surface area contributed by atoms with Crippen LogP contribution in [0.2, 0.25) is 0 Å². The Kier molecular flexibility index (Phi) is 4.46. The molecule has 0 saturated heterocycles. The van der Waals surface area contributed by atoms with Gasteiger partial charge in [-0.3, -0.25) is 4.79 Å². The van der Waals surface area contributed by atoms with E-state index in [1.165, 1.54) is 26.4 Å². The standard InChI is InChI=1S/C14H19FO3/c1-14(2,3)13(18-5)12(16)10-7-6-9(17-4)8-11(10)15/h6-8,13H,1-5H3. The molecular formula is C14H19FO3. The van der Waals surface area contributed by atoms with Gasteiger partial charge in [0.2, 0.25) is 0 Å². The van der Waals surface area contributed by atoms with Crippen molar-refractivity contribution >= 4 is 5.78 Å². The summed E-state index contributed by atoms with van der Waals surface area (Å²) < 4.78 is 23.9. The Morgan fingerprint density at radius 3 is 2.28 bits per heavy atom. The van der Waals surface area contributed by atoms with Gasteiger partial charge in [0.1, 0.15) is 17.7 Å². The molecule has 1 aromatic carbocycles. The first-order valence-electron chi connectivity index (χ1n) is 5.71. The maximum absolute atomic E-state index is 13.8. The molecule has 0 amide bonds. The molecule has 0 aromatic heterocycles. The van der Waals surface area contributed by atoms with E-state index < -0.39 is 17.3 Å². The van der Waals surface area contributed by atoms with Crippen molar-refractivity contribution in [2.24, 2.45) is 5.41 Å². The van der Waals surface area contributed by atoms with E-state index in [4.69, 9.17) is 9.47 Å². The molecule has 0 aliphatic rings. The molecule has 1 rings (SSSR count). The summed E-state index contributed by atoms with van der Waals surface area (Å²) in [5.41, 5.74) is -0.365. The van der Waals surface area contributed by atoms with Gasteiger partial charge in [-0.05, 0) is 17.5 Å². The van der Waals surface area contributed by atoms with Crippen molar-refractivity contribution in [3.8, 4) is 5.75 Å². The number of Topliss-reactive ketones (excluding diaryl/α,β-unsaturated/α-hetero) is 1. The first-order chi connectivity index (χ1) is 8.31. The fourth-order valence-electron chi connectivity index (χ4n) is 1.82. The third kappa shape index (κ3) is 3.07. The summed E-state index contributed by atoms with van der Waals surface area (Å²) >= 11 is 0. The lowest BCUT2D eigenvalue weighted by Gasteiger charge is -2.28. The van der Waals surface area contributed by atoms with Gasteiger partial charge in [0.25, 0.3) is 0 Å². The zero-order valence-electron chi connectivity index (χ0n) is 11.4. The predicted molar refractivity (Wildman–Crippen MR) is 67.5 cm³/mol. The van der Waals surface area contributed by atoms with E-state index in [9.17, 15) is 9.18 Å². The highest BCUT2D eigenvalue weighted by atomic mass is 19.1. The minimum absolute atomic E-state index is 0.0255. The highest BCUT2D eigenvalue weighted by Crippen LogP contribution is 2.27. The minimum atomic E-state index is -0.680. The van der Waals surface area contributed by atoms with Gasteiger partial charge in [-0.25, -0.2) is 4.39 Å². The third-order valence-corrected chi connectivity index (χ3v) is 2.70. The van der Waals surface area contributed by atoms with E-state index in [0.29, 0.717) is 5.75 Å². The summed E-state index contributed by atoms with van der Waals surface area (Å²) in [5.74, 6) is -0.565. The number of carbonyl (C=O) groups excluding carboxylic acids is 1. The Hall–Kier alpha value is -1.42. The van der Waals surface area contributed by atoms with Crippen molar-refractivity contribution in [3.05, 3.63) is 29.6 Å². The van der Waals surface area contributed by atoms with E-state index in [1.807, 2.05) is 20.8 Å². The van der Waals surface area contributed by atoms with Crippen LogP contribution in [0.1, 0.15) is 31.1 Å². The lowest BCUT2D eigenvalue weighted by atomic mass is 9.84. The van der Waals surface area contributed by atoms with Crippen LogP contribution < -0.4 is 4.74 Å². The van der Waals surface area contributed by atoms with Crippen LogP contribution in [0.4, 0.5) is 4.39 Å². The number of hydrogen-bond donors (Lipinski definition) is 0.